The van der Waals surface area contributed by atoms with Gasteiger partial charge >= 0.3 is 0 Å². The average Bonchev–Trinajstić information content (AvgIpc) is 2.83. The summed E-state index contributed by atoms with van der Waals surface area (Å²) in [6.45, 7) is 0. The van der Waals surface area contributed by atoms with Crippen LogP contribution in [0.15, 0.2) is 34.8 Å². The number of benzene rings is 1. The van der Waals surface area contributed by atoms with Crippen molar-refractivity contribution in [3.05, 3.63) is 34.8 Å². The van der Waals surface area contributed by atoms with Crippen LogP contribution in [0.2, 0.25) is 0 Å². The maximum Gasteiger partial charge on any atom is 0.145 e. The van der Waals surface area contributed by atoms with Crippen LogP contribution < -0.4 is 5.73 Å². The fourth-order valence-electron chi connectivity index (χ4n) is 2.05. The lowest BCUT2D eigenvalue weighted by Gasteiger charge is -2.01. The summed E-state index contributed by atoms with van der Waals surface area (Å²) in [7, 11) is 2.03. The van der Waals surface area contributed by atoms with Crippen LogP contribution in [0.3, 0.4) is 0 Å². The highest BCUT2D eigenvalue weighted by atomic mass is 79.9. The molecule has 0 aliphatic carbocycles. The van der Waals surface area contributed by atoms with Crippen molar-refractivity contribution in [3.63, 3.8) is 0 Å². The molecule has 0 aliphatic rings. The quantitative estimate of drug-likeness (QED) is 0.724. The molecule has 0 fully saturated rings. The van der Waals surface area contributed by atoms with E-state index in [9.17, 15) is 0 Å². The van der Waals surface area contributed by atoms with Gasteiger partial charge < -0.3 is 10.3 Å². The number of rotatable bonds is 1. The maximum absolute atomic E-state index is 5.63. The molecule has 1 aromatic carbocycles. The van der Waals surface area contributed by atoms with Gasteiger partial charge in [-0.1, -0.05) is 15.9 Å². The number of anilines is 1. The predicted octanol–water partition coefficient (Wildman–Crippen LogP) is 2.91. The van der Waals surface area contributed by atoms with E-state index in [1.807, 2.05) is 19.2 Å². The molecule has 2 heterocycles. The summed E-state index contributed by atoms with van der Waals surface area (Å²) < 4.78 is 3.20. The van der Waals surface area contributed by atoms with Crippen LogP contribution in [0.1, 0.15) is 0 Å². The summed E-state index contributed by atoms with van der Waals surface area (Å²) in [6, 6.07) is 10.2. The van der Waals surface area contributed by atoms with E-state index in [0.717, 1.165) is 15.9 Å². The number of nitrogens with zero attached hydrogens (tertiary/aromatic N) is 2. The number of aryl methyl sites for hydroxylation is 1. The Morgan fingerprint density at radius 1 is 1.29 bits per heavy atom. The smallest absolute Gasteiger partial charge is 0.145 e. The molecule has 3 rings (SSSR count). The molecule has 0 radical (unpaired) electrons. The van der Waals surface area contributed by atoms with Crippen molar-refractivity contribution in [1.29, 1.82) is 0 Å². The standard InChI is InChI=1S/C12H11BrN4/c1-17-10-3-2-8(13)4-7(10)5-11(17)9-6-12(14)16-15-9/h2-6H,1H3,(H3,14,15,16). The number of halogens is 1. The summed E-state index contributed by atoms with van der Waals surface area (Å²) in [6.07, 6.45) is 0. The van der Waals surface area contributed by atoms with Gasteiger partial charge in [0.2, 0.25) is 0 Å². The lowest BCUT2D eigenvalue weighted by Crippen LogP contribution is -1.91. The molecule has 0 saturated heterocycles. The predicted molar refractivity (Wildman–Crippen MR) is 72.6 cm³/mol. The largest absolute Gasteiger partial charge is 0.382 e. The summed E-state index contributed by atoms with van der Waals surface area (Å²) in [5.41, 5.74) is 8.80. The lowest BCUT2D eigenvalue weighted by atomic mass is 10.2. The van der Waals surface area contributed by atoms with Crippen LogP contribution in [0.4, 0.5) is 5.82 Å². The van der Waals surface area contributed by atoms with Gasteiger partial charge in [0.15, 0.2) is 0 Å². The molecular formula is C12H11BrN4. The zero-order valence-electron chi connectivity index (χ0n) is 9.24. The van der Waals surface area contributed by atoms with E-state index in [2.05, 4.69) is 48.9 Å². The summed E-state index contributed by atoms with van der Waals surface area (Å²) in [5, 5.41) is 8.07. The van der Waals surface area contributed by atoms with Crippen LogP contribution >= 0.6 is 15.9 Å². The Kier molecular flexibility index (Phi) is 2.22. The van der Waals surface area contributed by atoms with Gasteiger partial charge in [-0.15, -0.1) is 0 Å². The van der Waals surface area contributed by atoms with Crippen molar-refractivity contribution in [2.24, 2.45) is 7.05 Å². The molecule has 86 valence electrons. The first-order chi connectivity index (χ1) is 8.15. The molecule has 2 aromatic heterocycles. The summed E-state index contributed by atoms with van der Waals surface area (Å²) in [4.78, 5) is 0. The van der Waals surface area contributed by atoms with E-state index >= 15 is 0 Å². The number of aromatic nitrogens is 3. The second-order valence-electron chi connectivity index (χ2n) is 4.00. The van der Waals surface area contributed by atoms with Gasteiger partial charge in [0.25, 0.3) is 0 Å². The molecule has 0 spiro atoms. The highest BCUT2D eigenvalue weighted by Gasteiger charge is 2.09. The van der Waals surface area contributed by atoms with Gasteiger partial charge in [-0.25, -0.2) is 0 Å². The first kappa shape index (κ1) is 10.4. The highest BCUT2D eigenvalue weighted by Crippen LogP contribution is 2.28. The van der Waals surface area contributed by atoms with Crippen LogP contribution in [-0.4, -0.2) is 14.8 Å². The molecule has 4 nitrogen and oxygen atoms in total. The van der Waals surface area contributed by atoms with Crippen molar-refractivity contribution < 1.29 is 0 Å². The fraction of sp³-hybridized carbons (Fsp3) is 0.0833. The minimum Gasteiger partial charge on any atom is -0.382 e. The van der Waals surface area contributed by atoms with Crippen LogP contribution in [0, 0.1) is 0 Å². The molecule has 0 saturated carbocycles. The van der Waals surface area contributed by atoms with Gasteiger partial charge in [0.1, 0.15) is 5.82 Å². The molecule has 0 bridgehead atoms. The molecule has 0 amide bonds. The molecule has 3 aromatic rings. The monoisotopic (exact) mass is 290 g/mol. The van der Waals surface area contributed by atoms with Crippen molar-refractivity contribution in [1.82, 2.24) is 14.8 Å². The van der Waals surface area contributed by atoms with Crippen molar-refractivity contribution >= 4 is 32.7 Å². The van der Waals surface area contributed by atoms with Crippen molar-refractivity contribution in [3.8, 4) is 11.4 Å². The van der Waals surface area contributed by atoms with E-state index in [-0.39, 0.29) is 0 Å². The molecule has 0 unspecified atom stereocenters. The van der Waals surface area contributed by atoms with E-state index < -0.39 is 0 Å². The van der Waals surface area contributed by atoms with Gasteiger partial charge in [0, 0.05) is 28.5 Å². The third-order valence-corrected chi connectivity index (χ3v) is 3.37. The van der Waals surface area contributed by atoms with Gasteiger partial charge in [0.05, 0.1) is 11.4 Å². The number of fused-ring (bicyclic) bond motifs is 1. The number of nitrogens with two attached hydrogens (primary N) is 1. The minimum absolute atomic E-state index is 0.506. The number of nitrogen functional groups attached to an aromatic ring is 1. The SMILES string of the molecule is Cn1c(-c2cc(N)n[nH]2)cc2cc(Br)ccc21. The topological polar surface area (TPSA) is 59.6 Å². The van der Waals surface area contributed by atoms with Crippen molar-refractivity contribution in [2.45, 2.75) is 0 Å². The number of hydrogen-bond donors (Lipinski definition) is 2. The van der Waals surface area contributed by atoms with Crippen LogP contribution in [0.5, 0.6) is 0 Å². The Morgan fingerprint density at radius 2 is 2.12 bits per heavy atom. The van der Waals surface area contributed by atoms with E-state index in [4.69, 9.17) is 5.73 Å². The zero-order chi connectivity index (χ0) is 12.0. The first-order valence-electron chi connectivity index (χ1n) is 5.21. The Balaban J connectivity index is 2.27. The van der Waals surface area contributed by atoms with Gasteiger partial charge in [-0.05, 0) is 24.3 Å². The third kappa shape index (κ3) is 1.63. The Labute approximate surface area is 107 Å². The molecule has 0 atom stereocenters. The number of nitrogens with one attached hydrogen (secondary N) is 1. The normalized spacial score (nSPS) is 11.2. The molecule has 17 heavy (non-hydrogen) atoms. The van der Waals surface area contributed by atoms with E-state index in [1.165, 1.54) is 10.9 Å². The summed E-state index contributed by atoms with van der Waals surface area (Å²) in [5.74, 6) is 0.506. The third-order valence-electron chi connectivity index (χ3n) is 2.88. The van der Waals surface area contributed by atoms with E-state index in [0.29, 0.717) is 5.82 Å². The average molecular weight is 291 g/mol. The van der Waals surface area contributed by atoms with Crippen LogP contribution in [-0.2, 0) is 7.05 Å². The Hall–Kier alpha value is -1.75. The maximum atomic E-state index is 5.63. The molecular weight excluding hydrogens is 280 g/mol. The fourth-order valence-corrected chi connectivity index (χ4v) is 2.43. The summed E-state index contributed by atoms with van der Waals surface area (Å²) >= 11 is 3.48. The van der Waals surface area contributed by atoms with Gasteiger partial charge in [-0.3, -0.25) is 5.10 Å². The molecule has 5 heteroatoms. The molecule has 0 aliphatic heterocycles. The minimum atomic E-state index is 0.506. The van der Waals surface area contributed by atoms with E-state index in [1.54, 1.807) is 0 Å². The number of H-pyrrole nitrogens is 1. The number of hydrogen-bond acceptors (Lipinski definition) is 2. The van der Waals surface area contributed by atoms with Gasteiger partial charge in [-0.2, -0.15) is 5.10 Å². The second-order valence-corrected chi connectivity index (χ2v) is 4.91. The lowest BCUT2D eigenvalue weighted by molar-refractivity contribution is 0.964. The number of aromatic amines is 1. The Morgan fingerprint density at radius 3 is 2.82 bits per heavy atom. The first-order valence-corrected chi connectivity index (χ1v) is 6.01. The Bertz CT molecular complexity index is 696. The second kappa shape index (κ2) is 3.63. The van der Waals surface area contributed by atoms with Crippen LogP contribution in [0.25, 0.3) is 22.3 Å². The highest BCUT2D eigenvalue weighted by molar-refractivity contribution is 9.10. The molecule has 3 N–H and O–H groups in total. The zero-order valence-corrected chi connectivity index (χ0v) is 10.8. The van der Waals surface area contributed by atoms with Crippen molar-refractivity contribution in [2.75, 3.05) is 5.73 Å².